The van der Waals surface area contributed by atoms with E-state index >= 15 is 0 Å². The highest BCUT2D eigenvalue weighted by atomic mass is 16.3. The van der Waals surface area contributed by atoms with Crippen molar-refractivity contribution in [1.29, 1.82) is 0 Å². The van der Waals surface area contributed by atoms with Crippen LogP contribution in [-0.2, 0) is 13.1 Å². The van der Waals surface area contributed by atoms with Crippen LogP contribution in [0.1, 0.15) is 45.9 Å². The lowest BCUT2D eigenvalue weighted by molar-refractivity contribution is 0.150. The van der Waals surface area contributed by atoms with Gasteiger partial charge in [-0.2, -0.15) is 0 Å². The average molecular weight is 294 g/mol. The largest absolute Gasteiger partial charge is 0.394 e. The van der Waals surface area contributed by atoms with Crippen LogP contribution < -0.4 is 5.32 Å². The second kappa shape index (κ2) is 7.38. The topological polar surface area (TPSA) is 53.3 Å². The van der Waals surface area contributed by atoms with Gasteiger partial charge in [-0.25, -0.2) is 4.98 Å². The van der Waals surface area contributed by atoms with Crippen LogP contribution in [0.3, 0.4) is 0 Å². The Morgan fingerprint density at radius 2 is 2.19 bits per heavy atom. The van der Waals surface area contributed by atoms with Gasteiger partial charge in [0.2, 0.25) is 0 Å². The number of rotatable bonds is 8. The zero-order valence-electron chi connectivity index (χ0n) is 13.7. The Morgan fingerprint density at radius 3 is 2.90 bits per heavy atom. The van der Waals surface area contributed by atoms with Gasteiger partial charge in [0.15, 0.2) is 0 Å². The SMILES string of the molecule is CC(C)NC(C)(CO)CCCCN1CCn2ccnc2C1. The summed E-state index contributed by atoms with van der Waals surface area (Å²) in [4.78, 5) is 6.88. The van der Waals surface area contributed by atoms with Crippen LogP contribution >= 0.6 is 0 Å². The molecule has 1 aromatic heterocycles. The molecule has 0 bridgehead atoms. The van der Waals surface area contributed by atoms with Crippen molar-refractivity contribution in [3.8, 4) is 0 Å². The highest BCUT2D eigenvalue weighted by Gasteiger charge is 2.23. The highest BCUT2D eigenvalue weighted by Crippen LogP contribution is 2.16. The van der Waals surface area contributed by atoms with E-state index < -0.39 is 0 Å². The van der Waals surface area contributed by atoms with Crippen LogP contribution in [0.4, 0.5) is 0 Å². The van der Waals surface area contributed by atoms with Crippen molar-refractivity contribution >= 4 is 0 Å². The van der Waals surface area contributed by atoms with E-state index in [4.69, 9.17) is 0 Å². The minimum Gasteiger partial charge on any atom is -0.394 e. The highest BCUT2D eigenvalue weighted by molar-refractivity contribution is 4.95. The summed E-state index contributed by atoms with van der Waals surface area (Å²) in [5.74, 6) is 1.18. The molecule has 1 aliphatic rings. The maximum absolute atomic E-state index is 9.58. The van der Waals surface area contributed by atoms with E-state index in [0.29, 0.717) is 6.04 Å². The summed E-state index contributed by atoms with van der Waals surface area (Å²) in [7, 11) is 0. The van der Waals surface area contributed by atoms with Crippen molar-refractivity contribution in [2.75, 3.05) is 19.7 Å². The van der Waals surface area contributed by atoms with E-state index in [2.05, 4.69) is 46.7 Å². The third-order valence-electron chi connectivity index (χ3n) is 4.26. The first kappa shape index (κ1) is 16.5. The zero-order valence-corrected chi connectivity index (χ0v) is 13.7. The van der Waals surface area contributed by atoms with Crippen molar-refractivity contribution in [2.45, 2.75) is 64.7 Å². The van der Waals surface area contributed by atoms with Gasteiger partial charge in [-0.15, -0.1) is 0 Å². The third-order valence-corrected chi connectivity index (χ3v) is 4.26. The fraction of sp³-hybridized carbons (Fsp3) is 0.812. The summed E-state index contributed by atoms with van der Waals surface area (Å²) in [6.07, 6.45) is 7.29. The van der Waals surface area contributed by atoms with Gasteiger partial charge in [-0.05, 0) is 26.3 Å². The summed E-state index contributed by atoms with van der Waals surface area (Å²) in [6, 6.07) is 0.406. The number of nitrogens with zero attached hydrogens (tertiary/aromatic N) is 3. The summed E-state index contributed by atoms with van der Waals surface area (Å²) >= 11 is 0. The van der Waals surface area contributed by atoms with Crippen LogP contribution in [0.15, 0.2) is 12.4 Å². The predicted octanol–water partition coefficient (Wildman–Crippen LogP) is 1.62. The number of fused-ring (bicyclic) bond motifs is 1. The number of aliphatic hydroxyl groups excluding tert-OH is 1. The van der Waals surface area contributed by atoms with E-state index in [1.807, 2.05) is 6.20 Å². The van der Waals surface area contributed by atoms with Crippen molar-refractivity contribution in [1.82, 2.24) is 19.8 Å². The molecule has 1 unspecified atom stereocenters. The van der Waals surface area contributed by atoms with E-state index in [1.165, 1.54) is 12.2 Å². The molecule has 5 heteroatoms. The molecule has 0 saturated heterocycles. The maximum atomic E-state index is 9.58. The van der Waals surface area contributed by atoms with Gasteiger partial charge in [0.25, 0.3) is 0 Å². The molecule has 0 aliphatic carbocycles. The van der Waals surface area contributed by atoms with Gasteiger partial charge >= 0.3 is 0 Å². The molecule has 0 fully saturated rings. The molecule has 1 aromatic rings. The first-order valence-corrected chi connectivity index (χ1v) is 8.13. The first-order chi connectivity index (χ1) is 10.0. The van der Waals surface area contributed by atoms with Gasteiger partial charge in [0, 0.05) is 37.1 Å². The standard InChI is InChI=1S/C16H30N4O/c1-14(2)18-16(3,13-21)6-4-5-8-19-10-11-20-9-7-17-15(20)12-19/h7,9,14,18,21H,4-6,8,10-13H2,1-3H3. The molecule has 21 heavy (non-hydrogen) atoms. The number of nitrogens with one attached hydrogen (secondary N) is 1. The molecular weight excluding hydrogens is 264 g/mol. The second-order valence-electron chi connectivity index (χ2n) is 6.79. The van der Waals surface area contributed by atoms with E-state index in [9.17, 15) is 5.11 Å². The van der Waals surface area contributed by atoms with Crippen molar-refractivity contribution in [3.05, 3.63) is 18.2 Å². The Kier molecular flexibility index (Phi) is 5.79. The van der Waals surface area contributed by atoms with E-state index in [-0.39, 0.29) is 12.1 Å². The number of imidazole rings is 1. The molecule has 2 N–H and O–H groups in total. The number of aliphatic hydroxyl groups is 1. The summed E-state index contributed by atoms with van der Waals surface area (Å²) in [5, 5.41) is 13.1. The van der Waals surface area contributed by atoms with Crippen molar-refractivity contribution < 1.29 is 5.11 Å². The Morgan fingerprint density at radius 1 is 1.38 bits per heavy atom. The summed E-state index contributed by atoms with van der Waals surface area (Å²) in [5.41, 5.74) is -0.147. The molecule has 2 heterocycles. The molecule has 0 radical (unpaired) electrons. The monoisotopic (exact) mass is 294 g/mol. The minimum absolute atomic E-state index is 0.147. The molecule has 120 valence electrons. The lowest BCUT2D eigenvalue weighted by Gasteiger charge is -2.32. The van der Waals surface area contributed by atoms with Crippen LogP contribution in [0.25, 0.3) is 0 Å². The molecule has 0 aromatic carbocycles. The van der Waals surface area contributed by atoms with Gasteiger partial charge in [0.05, 0.1) is 13.2 Å². The quantitative estimate of drug-likeness (QED) is 0.715. The summed E-state index contributed by atoms with van der Waals surface area (Å²) < 4.78 is 2.24. The molecule has 1 atom stereocenters. The van der Waals surface area contributed by atoms with Crippen molar-refractivity contribution in [3.63, 3.8) is 0 Å². The lowest BCUT2D eigenvalue weighted by Crippen LogP contribution is -2.49. The molecule has 0 amide bonds. The van der Waals surface area contributed by atoms with Crippen LogP contribution in [0, 0.1) is 0 Å². The fourth-order valence-electron chi connectivity index (χ4n) is 3.16. The average Bonchev–Trinajstić information content (AvgIpc) is 2.90. The molecular formula is C16H30N4O. The zero-order chi connectivity index (χ0) is 15.3. The third kappa shape index (κ3) is 4.80. The van der Waals surface area contributed by atoms with Crippen molar-refractivity contribution in [2.24, 2.45) is 0 Å². The first-order valence-electron chi connectivity index (χ1n) is 8.13. The van der Waals surface area contributed by atoms with Crippen LogP contribution in [0.5, 0.6) is 0 Å². The Hall–Kier alpha value is -0.910. The van der Waals surface area contributed by atoms with Gasteiger partial charge < -0.3 is 15.0 Å². The molecule has 0 saturated carbocycles. The van der Waals surface area contributed by atoms with E-state index in [0.717, 1.165) is 39.0 Å². The Labute approximate surface area is 128 Å². The minimum atomic E-state index is -0.147. The maximum Gasteiger partial charge on any atom is 0.122 e. The molecule has 5 nitrogen and oxygen atoms in total. The number of aromatic nitrogens is 2. The van der Waals surface area contributed by atoms with Gasteiger partial charge in [-0.1, -0.05) is 20.3 Å². The van der Waals surface area contributed by atoms with Crippen LogP contribution in [-0.4, -0.2) is 50.8 Å². The molecule has 0 spiro atoms. The smallest absolute Gasteiger partial charge is 0.122 e. The number of unbranched alkanes of at least 4 members (excludes halogenated alkanes) is 1. The number of hydrogen-bond acceptors (Lipinski definition) is 4. The Balaban J connectivity index is 1.68. The molecule has 1 aliphatic heterocycles. The summed E-state index contributed by atoms with van der Waals surface area (Å²) in [6.45, 7) is 10.8. The number of hydrogen-bond donors (Lipinski definition) is 2. The predicted molar refractivity (Wildman–Crippen MR) is 85.1 cm³/mol. The Bertz CT molecular complexity index is 432. The lowest BCUT2D eigenvalue weighted by atomic mass is 9.94. The van der Waals surface area contributed by atoms with E-state index in [1.54, 1.807) is 0 Å². The van der Waals surface area contributed by atoms with Gasteiger partial charge in [-0.3, -0.25) is 4.90 Å². The van der Waals surface area contributed by atoms with Crippen LogP contribution in [0.2, 0.25) is 0 Å². The van der Waals surface area contributed by atoms with Gasteiger partial charge in [0.1, 0.15) is 5.82 Å². The normalized spacial score (nSPS) is 18.7. The second-order valence-corrected chi connectivity index (χ2v) is 6.79. The fourth-order valence-corrected chi connectivity index (χ4v) is 3.16. The molecule has 2 rings (SSSR count).